The minimum atomic E-state index is 0.516. The van der Waals surface area contributed by atoms with Crippen LogP contribution in [0.4, 0.5) is 0 Å². The minimum Gasteiger partial charge on any atom is -0.497 e. The highest BCUT2D eigenvalue weighted by atomic mass is 16.5. The second-order valence-corrected chi connectivity index (χ2v) is 4.13. The summed E-state index contributed by atoms with van der Waals surface area (Å²) in [5, 5.41) is 3.59. The van der Waals surface area contributed by atoms with Crippen molar-refractivity contribution in [1.82, 2.24) is 5.32 Å². The lowest BCUT2D eigenvalue weighted by Crippen LogP contribution is -2.20. The van der Waals surface area contributed by atoms with Gasteiger partial charge in [0, 0.05) is 6.04 Å². The monoisotopic (exact) mass is 205 g/mol. The number of nitrogens with one attached hydrogen (secondary N) is 1. The molecule has 1 fully saturated rings. The lowest BCUT2D eigenvalue weighted by molar-refractivity contribution is 0.412. The summed E-state index contributed by atoms with van der Waals surface area (Å²) < 4.78 is 5.25. The summed E-state index contributed by atoms with van der Waals surface area (Å²) in [6.07, 6.45) is 5.23. The van der Waals surface area contributed by atoms with Crippen molar-refractivity contribution >= 4 is 0 Å². The first kappa shape index (κ1) is 10.5. The molecule has 1 N–H and O–H groups in total. The summed E-state index contributed by atoms with van der Waals surface area (Å²) in [5.74, 6) is 0.957. The Bertz CT molecular complexity index is 303. The molecule has 2 heteroatoms. The molecule has 1 saturated heterocycles. The molecule has 1 heterocycles. The number of benzene rings is 1. The zero-order valence-corrected chi connectivity index (χ0v) is 9.33. The van der Waals surface area contributed by atoms with Crippen LogP contribution in [0.25, 0.3) is 0 Å². The fourth-order valence-corrected chi connectivity index (χ4v) is 2.17. The van der Waals surface area contributed by atoms with Gasteiger partial charge < -0.3 is 10.1 Å². The van der Waals surface area contributed by atoms with E-state index in [4.69, 9.17) is 4.74 Å². The molecule has 0 amide bonds. The van der Waals surface area contributed by atoms with E-state index in [1.54, 1.807) is 7.11 Å². The highest BCUT2D eigenvalue weighted by Gasteiger charge is 2.13. The first-order chi connectivity index (χ1) is 7.40. The molecular formula is C13H19NO. The Labute approximate surface area is 91.6 Å². The maximum absolute atomic E-state index is 5.25. The van der Waals surface area contributed by atoms with Crippen molar-refractivity contribution in [3.8, 4) is 5.75 Å². The van der Waals surface area contributed by atoms with Crippen LogP contribution in [0.2, 0.25) is 0 Å². The van der Waals surface area contributed by atoms with Gasteiger partial charge in [-0.1, -0.05) is 25.0 Å². The van der Waals surface area contributed by atoms with Crippen molar-refractivity contribution in [1.29, 1.82) is 0 Å². The molecule has 1 aliphatic rings. The zero-order chi connectivity index (χ0) is 10.5. The fourth-order valence-electron chi connectivity index (χ4n) is 2.17. The third kappa shape index (κ3) is 2.72. The van der Waals surface area contributed by atoms with Crippen LogP contribution in [0.15, 0.2) is 24.3 Å². The van der Waals surface area contributed by atoms with Crippen LogP contribution in [0.3, 0.4) is 0 Å². The molecule has 0 radical (unpaired) electrons. The molecule has 1 atom stereocenters. The number of rotatable bonds is 2. The van der Waals surface area contributed by atoms with Crippen molar-refractivity contribution in [2.24, 2.45) is 0 Å². The second kappa shape index (κ2) is 5.17. The number of hydrogen-bond donors (Lipinski definition) is 1. The van der Waals surface area contributed by atoms with E-state index < -0.39 is 0 Å². The molecule has 2 nitrogen and oxygen atoms in total. The standard InChI is InChI=1S/C13H19NO/c1-15-12-7-5-6-11(10-12)13-8-3-2-4-9-14-13/h5-7,10,13-14H,2-4,8-9H2,1H3. The predicted octanol–water partition coefficient (Wildman–Crippen LogP) is 2.90. The maximum Gasteiger partial charge on any atom is 0.119 e. The van der Waals surface area contributed by atoms with Gasteiger partial charge >= 0.3 is 0 Å². The Morgan fingerprint density at radius 3 is 3.07 bits per heavy atom. The molecule has 0 saturated carbocycles. The lowest BCUT2D eigenvalue weighted by Gasteiger charge is -2.16. The molecule has 82 valence electrons. The van der Waals surface area contributed by atoms with Gasteiger partial charge in [-0.25, -0.2) is 0 Å². The highest BCUT2D eigenvalue weighted by molar-refractivity contribution is 5.30. The fraction of sp³-hybridized carbons (Fsp3) is 0.538. The van der Waals surface area contributed by atoms with Gasteiger partial charge in [0.1, 0.15) is 5.75 Å². The number of ether oxygens (including phenoxy) is 1. The lowest BCUT2D eigenvalue weighted by atomic mass is 10.0. The third-order valence-electron chi connectivity index (χ3n) is 3.06. The Morgan fingerprint density at radius 1 is 1.27 bits per heavy atom. The van der Waals surface area contributed by atoms with E-state index in [1.165, 1.54) is 31.2 Å². The van der Waals surface area contributed by atoms with Gasteiger partial charge in [-0.2, -0.15) is 0 Å². The van der Waals surface area contributed by atoms with Crippen LogP contribution in [0.1, 0.15) is 37.3 Å². The molecule has 1 aromatic rings. The van der Waals surface area contributed by atoms with E-state index in [1.807, 2.05) is 6.07 Å². The smallest absolute Gasteiger partial charge is 0.119 e. The second-order valence-electron chi connectivity index (χ2n) is 4.13. The summed E-state index contributed by atoms with van der Waals surface area (Å²) >= 11 is 0. The zero-order valence-electron chi connectivity index (χ0n) is 9.33. The molecule has 0 aromatic heterocycles. The molecule has 0 bridgehead atoms. The first-order valence-electron chi connectivity index (χ1n) is 5.77. The van der Waals surface area contributed by atoms with Crippen molar-refractivity contribution in [2.75, 3.05) is 13.7 Å². The first-order valence-corrected chi connectivity index (χ1v) is 5.77. The van der Waals surface area contributed by atoms with Gasteiger partial charge in [-0.15, -0.1) is 0 Å². The van der Waals surface area contributed by atoms with E-state index >= 15 is 0 Å². The van der Waals surface area contributed by atoms with Crippen LogP contribution in [-0.4, -0.2) is 13.7 Å². The Morgan fingerprint density at radius 2 is 2.20 bits per heavy atom. The quantitative estimate of drug-likeness (QED) is 0.801. The Hall–Kier alpha value is -1.02. The molecule has 1 aliphatic heterocycles. The van der Waals surface area contributed by atoms with Crippen LogP contribution in [0.5, 0.6) is 5.75 Å². The van der Waals surface area contributed by atoms with Gasteiger partial charge in [0.15, 0.2) is 0 Å². The molecule has 15 heavy (non-hydrogen) atoms. The predicted molar refractivity (Wildman–Crippen MR) is 62.2 cm³/mol. The van der Waals surface area contributed by atoms with Crippen LogP contribution in [0, 0.1) is 0 Å². The number of hydrogen-bond acceptors (Lipinski definition) is 2. The number of methoxy groups -OCH3 is 1. The summed E-state index contributed by atoms with van der Waals surface area (Å²) in [5.41, 5.74) is 1.36. The van der Waals surface area contributed by atoms with E-state index in [0.717, 1.165) is 12.3 Å². The van der Waals surface area contributed by atoms with Crippen LogP contribution >= 0.6 is 0 Å². The van der Waals surface area contributed by atoms with E-state index in [2.05, 4.69) is 23.5 Å². The average molecular weight is 205 g/mol. The van der Waals surface area contributed by atoms with Crippen molar-refractivity contribution in [3.05, 3.63) is 29.8 Å². The third-order valence-corrected chi connectivity index (χ3v) is 3.06. The SMILES string of the molecule is COc1cccc(C2CCCCCN2)c1. The van der Waals surface area contributed by atoms with Crippen LogP contribution < -0.4 is 10.1 Å². The van der Waals surface area contributed by atoms with Gasteiger partial charge in [0.2, 0.25) is 0 Å². The molecule has 0 spiro atoms. The summed E-state index contributed by atoms with van der Waals surface area (Å²) in [6.45, 7) is 1.14. The maximum atomic E-state index is 5.25. The highest BCUT2D eigenvalue weighted by Crippen LogP contribution is 2.25. The summed E-state index contributed by atoms with van der Waals surface area (Å²) in [6, 6.07) is 8.91. The Kier molecular flexibility index (Phi) is 3.62. The van der Waals surface area contributed by atoms with Crippen molar-refractivity contribution in [3.63, 3.8) is 0 Å². The van der Waals surface area contributed by atoms with Gasteiger partial charge in [-0.05, 0) is 37.1 Å². The molecular weight excluding hydrogens is 186 g/mol. The summed E-state index contributed by atoms with van der Waals surface area (Å²) in [4.78, 5) is 0. The molecule has 1 unspecified atom stereocenters. The summed E-state index contributed by atoms with van der Waals surface area (Å²) in [7, 11) is 1.72. The van der Waals surface area contributed by atoms with Crippen LogP contribution in [-0.2, 0) is 0 Å². The normalized spacial score (nSPS) is 22.1. The van der Waals surface area contributed by atoms with E-state index in [-0.39, 0.29) is 0 Å². The van der Waals surface area contributed by atoms with E-state index in [9.17, 15) is 0 Å². The minimum absolute atomic E-state index is 0.516. The molecule has 0 aliphatic carbocycles. The molecule has 1 aromatic carbocycles. The topological polar surface area (TPSA) is 21.3 Å². The van der Waals surface area contributed by atoms with Crippen molar-refractivity contribution < 1.29 is 4.74 Å². The average Bonchev–Trinajstić information content (AvgIpc) is 2.58. The van der Waals surface area contributed by atoms with Gasteiger partial charge in [0.25, 0.3) is 0 Å². The van der Waals surface area contributed by atoms with E-state index in [0.29, 0.717) is 6.04 Å². The Balaban J connectivity index is 2.12. The molecule has 2 rings (SSSR count). The largest absolute Gasteiger partial charge is 0.497 e. The van der Waals surface area contributed by atoms with Gasteiger partial charge in [-0.3, -0.25) is 0 Å². The van der Waals surface area contributed by atoms with Crippen molar-refractivity contribution in [2.45, 2.75) is 31.7 Å². The van der Waals surface area contributed by atoms with Gasteiger partial charge in [0.05, 0.1) is 7.11 Å².